The number of aliphatic hydroxyl groups is 1. The predicted octanol–water partition coefficient (Wildman–Crippen LogP) is 3.33. The molecular weight excluding hydrogens is 348 g/mol. The number of aromatic hydroxyl groups is 2. The Bertz CT molecular complexity index is 944. The van der Waals surface area contributed by atoms with Gasteiger partial charge in [0.05, 0.1) is 7.11 Å². The summed E-state index contributed by atoms with van der Waals surface area (Å²) in [6, 6.07) is 6.19. The van der Waals surface area contributed by atoms with Crippen LogP contribution in [0.3, 0.4) is 0 Å². The Morgan fingerprint density at radius 3 is 2.78 bits per heavy atom. The Labute approximate surface area is 157 Å². The zero-order valence-electron chi connectivity index (χ0n) is 15.4. The highest BCUT2D eigenvalue weighted by Gasteiger charge is 2.54. The molecule has 27 heavy (non-hydrogen) atoms. The molecule has 6 nitrogen and oxygen atoms in total. The number of rotatable bonds is 3. The van der Waals surface area contributed by atoms with Crippen LogP contribution in [-0.4, -0.2) is 29.0 Å². The minimum Gasteiger partial charge on any atom is -0.508 e. The number of phenols is 2. The maximum Gasteiger partial charge on any atom is 0.168 e. The summed E-state index contributed by atoms with van der Waals surface area (Å²) in [4.78, 5) is 0. The molecule has 0 aliphatic carbocycles. The van der Waals surface area contributed by atoms with Gasteiger partial charge in [0.1, 0.15) is 23.9 Å². The molecule has 2 aromatic carbocycles. The number of phenolic OH excluding ortho intramolecular Hbond substituents is 2. The Balaban J connectivity index is 1.89. The van der Waals surface area contributed by atoms with E-state index in [0.717, 1.165) is 5.57 Å². The zero-order chi connectivity index (χ0) is 19.3. The molecule has 0 aromatic heterocycles. The van der Waals surface area contributed by atoms with Crippen LogP contribution in [0.1, 0.15) is 36.6 Å². The first-order valence-corrected chi connectivity index (χ1v) is 8.76. The van der Waals surface area contributed by atoms with E-state index in [1.54, 1.807) is 6.07 Å². The van der Waals surface area contributed by atoms with Gasteiger partial charge in [0, 0.05) is 22.8 Å². The van der Waals surface area contributed by atoms with E-state index in [4.69, 9.17) is 14.2 Å². The van der Waals surface area contributed by atoms with E-state index >= 15 is 0 Å². The van der Waals surface area contributed by atoms with E-state index < -0.39 is 11.7 Å². The van der Waals surface area contributed by atoms with E-state index in [1.807, 2.05) is 19.9 Å². The monoisotopic (exact) mass is 370 g/mol. The zero-order valence-corrected chi connectivity index (χ0v) is 15.4. The van der Waals surface area contributed by atoms with Crippen molar-refractivity contribution in [1.82, 2.24) is 0 Å². The standard InChI is InChI=1S/C21H22O6/c1-11(2)4-6-14-18-15(9-16(23)19(14)25-3)21(24)10-26-17-8-12(22)5-7-13(17)20(21)27-18/h4-5,7-9,20,22-24H,6,10H2,1-3H3. The second-order valence-electron chi connectivity index (χ2n) is 7.20. The molecule has 0 bridgehead atoms. The second kappa shape index (κ2) is 6.09. The highest BCUT2D eigenvalue weighted by atomic mass is 16.5. The van der Waals surface area contributed by atoms with Gasteiger partial charge in [-0.3, -0.25) is 0 Å². The third-order valence-electron chi connectivity index (χ3n) is 5.09. The summed E-state index contributed by atoms with van der Waals surface area (Å²) in [5.41, 5.74) is 1.47. The van der Waals surface area contributed by atoms with E-state index in [-0.39, 0.29) is 18.1 Å². The second-order valence-corrected chi connectivity index (χ2v) is 7.20. The van der Waals surface area contributed by atoms with Gasteiger partial charge in [0.15, 0.2) is 23.2 Å². The van der Waals surface area contributed by atoms with Crippen LogP contribution in [0.5, 0.6) is 28.7 Å². The molecule has 2 unspecified atom stereocenters. The van der Waals surface area contributed by atoms with Gasteiger partial charge in [0.25, 0.3) is 0 Å². The molecule has 6 heteroatoms. The molecule has 142 valence electrons. The van der Waals surface area contributed by atoms with Gasteiger partial charge in [-0.1, -0.05) is 11.6 Å². The number of methoxy groups -OCH3 is 1. The van der Waals surface area contributed by atoms with Crippen LogP contribution >= 0.6 is 0 Å². The summed E-state index contributed by atoms with van der Waals surface area (Å²) in [5.74, 6) is 1.33. The number of hydrogen-bond acceptors (Lipinski definition) is 6. The third kappa shape index (κ3) is 2.59. The minimum atomic E-state index is -1.44. The summed E-state index contributed by atoms with van der Waals surface area (Å²) in [6.07, 6.45) is 1.80. The first-order valence-electron chi connectivity index (χ1n) is 8.76. The number of hydrogen-bond donors (Lipinski definition) is 3. The molecule has 2 aromatic rings. The number of benzene rings is 2. The van der Waals surface area contributed by atoms with Crippen molar-refractivity contribution in [3.05, 3.63) is 52.6 Å². The summed E-state index contributed by atoms with van der Waals surface area (Å²) in [6.45, 7) is 3.93. The minimum absolute atomic E-state index is 0.0467. The quantitative estimate of drug-likeness (QED) is 0.719. The van der Waals surface area contributed by atoms with Crippen LogP contribution in [0, 0.1) is 0 Å². The van der Waals surface area contributed by atoms with Crippen molar-refractivity contribution in [1.29, 1.82) is 0 Å². The molecule has 0 saturated heterocycles. The molecule has 4 rings (SSSR count). The lowest BCUT2D eigenvalue weighted by molar-refractivity contribution is -0.0865. The largest absolute Gasteiger partial charge is 0.508 e. The van der Waals surface area contributed by atoms with Crippen molar-refractivity contribution in [3.63, 3.8) is 0 Å². The van der Waals surface area contributed by atoms with Gasteiger partial charge in [-0.05, 0) is 38.5 Å². The van der Waals surface area contributed by atoms with Crippen LogP contribution in [0.15, 0.2) is 35.9 Å². The fourth-order valence-corrected chi connectivity index (χ4v) is 3.75. The van der Waals surface area contributed by atoms with Gasteiger partial charge in [0.2, 0.25) is 0 Å². The van der Waals surface area contributed by atoms with Crippen LogP contribution in [0.2, 0.25) is 0 Å². The Morgan fingerprint density at radius 1 is 1.30 bits per heavy atom. The van der Waals surface area contributed by atoms with Gasteiger partial charge in [-0.25, -0.2) is 0 Å². The Hall–Kier alpha value is -2.86. The lowest BCUT2D eigenvalue weighted by Gasteiger charge is -2.34. The van der Waals surface area contributed by atoms with Gasteiger partial charge >= 0.3 is 0 Å². The number of fused-ring (bicyclic) bond motifs is 5. The molecule has 0 radical (unpaired) electrons. The molecular formula is C21H22O6. The molecule has 0 saturated carbocycles. The highest BCUT2D eigenvalue weighted by molar-refractivity contribution is 5.63. The fourth-order valence-electron chi connectivity index (χ4n) is 3.75. The Kier molecular flexibility index (Phi) is 3.96. The summed E-state index contributed by atoms with van der Waals surface area (Å²) in [7, 11) is 1.49. The van der Waals surface area contributed by atoms with E-state index in [1.165, 1.54) is 25.3 Å². The summed E-state index contributed by atoms with van der Waals surface area (Å²) >= 11 is 0. The summed E-state index contributed by atoms with van der Waals surface area (Å²) in [5, 5.41) is 31.6. The van der Waals surface area contributed by atoms with E-state index in [0.29, 0.717) is 40.4 Å². The van der Waals surface area contributed by atoms with Crippen LogP contribution in [0.25, 0.3) is 0 Å². The van der Waals surface area contributed by atoms with Gasteiger partial charge < -0.3 is 29.5 Å². The molecule has 2 atom stereocenters. The number of allylic oxidation sites excluding steroid dienone is 2. The number of ether oxygens (including phenoxy) is 3. The average Bonchev–Trinajstić information content (AvgIpc) is 2.92. The SMILES string of the molecule is COc1c(O)cc2c(c1CC=C(C)C)OC1c3ccc(O)cc3OCC21O. The van der Waals surface area contributed by atoms with Crippen molar-refractivity contribution < 1.29 is 29.5 Å². The normalized spacial score (nSPS) is 22.0. The lowest BCUT2D eigenvalue weighted by atomic mass is 9.84. The molecule has 0 fully saturated rings. The molecule has 0 amide bonds. The molecule has 2 aliphatic heterocycles. The molecule has 3 N–H and O–H groups in total. The maximum atomic E-state index is 11.4. The highest BCUT2D eigenvalue weighted by Crippen LogP contribution is 2.57. The van der Waals surface area contributed by atoms with Crippen molar-refractivity contribution in [2.45, 2.75) is 32.0 Å². The van der Waals surface area contributed by atoms with E-state index in [2.05, 4.69) is 0 Å². The molecule has 2 heterocycles. The molecule has 0 spiro atoms. The van der Waals surface area contributed by atoms with Crippen LogP contribution in [0.4, 0.5) is 0 Å². The van der Waals surface area contributed by atoms with Crippen molar-refractivity contribution in [2.24, 2.45) is 0 Å². The van der Waals surface area contributed by atoms with Crippen molar-refractivity contribution in [3.8, 4) is 28.7 Å². The van der Waals surface area contributed by atoms with Gasteiger partial charge in [-0.15, -0.1) is 0 Å². The summed E-state index contributed by atoms with van der Waals surface area (Å²) < 4.78 is 17.3. The lowest BCUT2D eigenvalue weighted by Crippen LogP contribution is -2.41. The smallest absolute Gasteiger partial charge is 0.168 e. The van der Waals surface area contributed by atoms with Crippen LogP contribution < -0.4 is 14.2 Å². The van der Waals surface area contributed by atoms with E-state index in [9.17, 15) is 15.3 Å². The van der Waals surface area contributed by atoms with Gasteiger partial charge in [-0.2, -0.15) is 0 Å². The first kappa shape index (κ1) is 17.5. The molecule has 2 aliphatic rings. The van der Waals surface area contributed by atoms with Crippen molar-refractivity contribution in [2.75, 3.05) is 13.7 Å². The fraction of sp³-hybridized carbons (Fsp3) is 0.333. The third-order valence-corrected chi connectivity index (χ3v) is 5.09. The maximum absolute atomic E-state index is 11.4. The predicted molar refractivity (Wildman–Crippen MR) is 98.7 cm³/mol. The Morgan fingerprint density at radius 2 is 2.07 bits per heavy atom. The van der Waals surface area contributed by atoms with Crippen molar-refractivity contribution >= 4 is 0 Å². The topological polar surface area (TPSA) is 88.4 Å². The average molecular weight is 370 g/mol. The first-order chi connectivity index (χ1) is 12.8. The van der Waals surface area contributed by atoms with Crippen LogP contribution in [-0.2, 0) is 12.0 Å².